The molecule has 0 spiro atoms. The highest BCUT2D eigenvalue weighted by atomic mass is 79.9. The van der Waals surface area contributed by atoms with Crippen LogP contribution in [0, 0.1) is 0 Å². The Labute approximate surface area is 119 Å². The van der Waals surface area contributed by atoms with E-state index in [9.17, 15) is 4.79 Å². The molecule has 0 bridgehead atoms. The maximum atomic E-state index is 12.4. The summed E-state index contributed by atoms with van der Waals surface area (Å²) in [7, 11) is 0. The highest BCUT2D eigenvalue weighted by Crippen LogP contribution is 2.27. The summed E-state index contributed by atoms with van der Waals surface area (Å²) >= 11 is 11.0. The first kappa shape index (κ1) is 13.4. The minimum atomic E-state index is 0.0938. The maximum absolute atomic E-state index is 12.4. The first-order valence-corrected chi connectivity index (χ1v) is 8.22. The van der Waals surface area contributed by atoms with Crippen LogP contribution in [-0.4, -0.2) is 28.7 Å². The third-order valence-electron chi connectivity index (χ3n) is 3.13. The van der Waals surface area contributed by atoms with E-state index in [0.717, 1.165) is 24.7 Å². The van der Waals surface area contributed by atoms with Gasteiger partial charge < -0.3 is 4.90 Å². The molecule has 17 heavy (non-hydrogen) atoms. The third-order valence-corrected chi connectivity index (χ3v) is 5.20. The van der Waals surface area contributed by atoms with Crippen molar-refractivity contribution in [3.8, 4) is 0 Å². The smallest absolute Gasteiger partial charge is 0.265 e. The summed E-state index contributed by atoms with van der Waals surface area (Å²) in [4.78, 5) is 15.1. The van der Waals surface area contributed by atoms with E-state index in [-0.39, 0.29) is 5.91 Å². The number of rotatable bonds is 2. The Morgan fingerprint density at radius 1 is 1.53 bits per heavy atom. The Hall–Kier alpha value is -0.0600. The molecule has 1 saturated heterocycles. The Morgan fingerprint density at radius 2 is 2.35 bits per heavy atom. The lowest BCUT2D eigenvalue weighted by Gasteiger charge is -2.28. The Balaban J connectivity index is 2.18. The van der Waals surface area contributed by atoms with Crippen LogP contribution < -0.4 is 0 Å². The Morgan fingerprint density at radius 3 is 3.00 bits per heavy atom. The van der Waals surface area contributed by atoms with Crippen molar-refractivity contribution in [3.05, 3.63) is 21.3 Å². The molecule has 5 heteroatoms. The van der Waals surface area contributed by atoms with Gasteiger partial charge in [-0.05, 0) is 24.3 Å². The van der Waals surface area contributed by atoms with Gasteiger partial charge in [-0.25, -0.2) is 0 Å². The minimum Gasteiger partial charge on any atom is -0.334 e. The van der Waals surface area contributed by atoms with Crippen LogP contribution in [0.5, 0.6) is 0 Å². The van der Waals surface area contributed by atoms with E-state index < -0.39 is 0 Å². The predicted molar refractivity (Wildman–Crippen MR) is 76.4 cm³/mol. The van der Waals surface area contributed by atoms with Gasteiger partial charge in [-0.2, -0.15) is 0 Å². The molecule has 1 aliphatic heterocycles. The lowest BCUT2D eigenvalue weighted by atomic mass is 10.1. The average Bonchev–Trinajstić information content (AvgIpc) is 2.64. The zero-order valence-corrected chi connectivity index (χ0v) is 12.7. The fourth-order valence-electron chi connectivity index (χ4n) is 2.18. The molecule has 1 unspecified atom stereocenters. The van der Waals surface area contributed by atoms with Crippen LogP contribution in [0.2, 0.25) is 5.02 Å². The molecule has 1 aliphatic rings. The van der Waals surface area contributed by atoms with Gasteiger partial charge in [0.1, 0.15) is 4.88 Å². The van der Waals surface area contributed by atoms with Crippen molar-refractivity contribution in [1.29, 1.82) is 0 Å². The fraction of sp³-hybridized carbons (Fsp3) is 0.583. The van der Waals surface area contributed by atoms with Crippen molar-refractivity contribution in [2.75, 3.05) is 11.9 Å². The minimum absolute atomic E-state index is 0.0938. The normalized spacial score (nSPS) is 21.3. The van der Waals surface area contributed by atoms with Crippen molar-refractivity contribution >= 4 is 44.8 Å². The second-order valence-electron chi connectivity index (χ2n) is 4.25. The van der Waals surface area contributed by atoms with Crippen LogP contribution in [-0.2, 0) is 0 Å². The number of halogens is 2. The van der Waals surface area contributed by atoms with Gasteiger partial charge in [0, 0.05) is 17.9 Å². The summed E-state index contributed by atoms with van der Waals surface area (Å²) in [5, 5.41) is 3.30. The number of carbonyl (C=O) groups excluding carboxylic acids is 1. The van der Waals surface area contributed by atoms with E-state index in [2.05, 4.69) is 15.9 Å². The van der Waals surface area contributed by atoms with Crippen molar-refractivity contribution < 1.29 is 4.79 Å². The Bertz CT molecular complexity index is 396. The van der Waals surface area contributed by atoms with Gasteiger partial charge in [0.15, 0.2) is 0 Å². The second-order valence-corrected chi connectivity index (χ2v) is 6.22. The molecule has 1 amide bonds. The molecule has 2 rings (SSSR count). The van der Waals surface area contributed by atoms with E-state index in [1.165, 1.54) is 24.2 Å². The number of carbonyl (C=O) groups is 1. The first-order chi connectivity index (χ1) is 8.24. The molecule has 1 aromatic heterocycles. The van der Waals surface area contributed by atoms with E-state index in [4.69, 9.17) is 11.6 Å². The van der Waals surface area contributed by atoms with Crippen LogP contribution in [0.15, 0.2) is 11.4 Å². The lowest BCUT2D eigenvalue weighted by molar-refractivity contribution is 0.0707. The van der Waals surface area contributed by atoms with Gasteiger partial charge in [0.25, 0.3) is 5.91 Å². The van der Waals surface area contributed by atoms with Crippen LogP contribution in [0.1, 0.15) is 35.4 Å². The molecule has 0 radical (unpaired) electrons. The summed E-state index contributed by atoms with van der Waals surface area (Å²) < 4.78 is 0. The summed E-state index contributed by atoms with van der Waals surface area (Å²) in [5.41, 5.74) is 0. The number of thiophene rings is 1. The van der Waals surface area contributed by atoms with Crippen LogP contribution >= 0.6 is 38.9 Å². The molecular formula is C12H15BrClNOS. The molecule has 94 valence electrons. The molecule has 1 aromatic rings. The van der Waals surface area contributed by atoms with E-state index in [1.54, 1.807) is 6.07 Å². The summed E-state index contributed by atoms with van der Waals surface area (Å²) in [6.07, 6.45) is 4.60. The van der Waals surface area contributed by atoms with Gasteiger partial charge >= 0.3 is 0 Å². The highest BCUT2D eigenvalue weighted by Gasteiger charge is 2.27. The molecule has 1 fully saturated rings. The molecule has 0 N–H and O–H groups in total. The quantitative estimate of drug-likeness (QED) is 0.742. The zero-order chi connectivity index (χ0) is 12.3. The Kier molecular flexibility index (Phi) is 4.88. The molecule has 2 heterocycles. The van der Waals surface area contributed by atoms with E-state index >= 15 is 0 Å². The van der Waals surface area contributed by atoms with Crippen LogP contribution in [0.3, 0.4) is 0 Å². The molecule has 2 nitrogen and oxygen atoms in total. The fourth-order valence-corrected chi connectivity index (χ4v) is 3.95. The van der Waals surface area contributed by atoms with Crippen LogP contribution in [0.4, 0.5) is 0 Å². The lowest BCUT2D eigenvalue weighted by Crippen LogP contribution is -2.40. The van der Waals surface area contributed by atoms with Crippen molar-refractivity contribution in [1.82, 2.24) is 4.90 Å². The van der Waals surface area contributed by atoms with Gasteiger partial charge in [-0.3, -0.25) is 4.79 Å². The number of hydrogen-bond acceptors (Lipinski definition) is 2. The third kappa shape index (κ3) is 3.04. The molecule has 0 saturated carbocycles. The number of nitrogens with zero attached hydrogens (tertiary/aromatic N) is 1. The molecule has 0 aromatic carbocycles. The van der Waals surface area contributed by atoms with E-state index in [0.29, 0.717) is 15.9 Å². The maximum Gasteiger partial charge on any atom is 0.265 e. The SMILES string of the molecule is O=C(c1sccc1Cl)N1CCCCCC1CBr. The summed E-state index contributed by atoms with van der Waals surface area (Å²) in [6.45, 7) is 0.851. The van der Waals surface area contributed by atoms with Gasteiger partial charge in [-0.1, -0.05) is 40.4 Å². The standard InChI is InChI=1S/C12H15BrClNOS/c13-8-9-4-2-1-3-6-15(9)12(16)11-10(14)5-7-17-11/h5,7,9H,1-4,6,8H2. The second kappa shape index (κ2) is 6.21. The topological polar surface area (TPSA) is 20.3 Å². The van der Waals surface area contributed by atoms with Crippen LogP contribution in [0.25, 0.3) is 0 Å². The van der Waals surface area contributed by atoms with Gasteiger partial charge in [0.2, 0.25) is 0 Å². The van der Waals surface area contributed by atoms with Gasteiger partial charge in [0.05, 0.1) is 5.02 Å². The zero-order valence-electron chi connectivity index (χ0n) is 9.49. The number of amides is 1. The van der Waals surface area contributed by atoms with Crippen molar-refractivity contribution in [3.63, 3.8) is 0 Å². The average molecular weight is 337 g/mol. The highest BCUT2D eigenvalue weighted by molar-refractivity contribution is 9.09. The predicted octanol–water partition coefficient (Wildman–Crippen LogP) is 4.18. The van der Waals surface area contributed by atoms with Crippen molar-refractivity contribution in [2.24, 2.45) is 0 Å². The molecule has 1 atom stereocenters. The van der Waals surface area contributed by atoms with Crippen molar-refractivity contribution in [2.45, 2.75) is 31.7 Å². The summed E-state index contributed by atoms with van der Waals surface area (Å²) in [6, 6.07) is 2.10. The summed E-state index contributed by atoms with van der Waals surface area (Å²) in [5.74, 6) is 0.0938. The molecular weight excluding hydrogens is 322 g/mol. The number of likely N-dealkylation sites (tertiary alicyclic amines) is 1. The van der Waals surface area contributed by atoms with Gasteiger partial charge in [-0.15, -0.1) is 11.3 Å². The number of hydrogen-bond donors (Lipinski definition) is 0. The van der Waals surface area contributed by atoms with E-state index in [1.807, 2.05) is 10.3 Å². The monoisotopic (exact) mass is 335 g/mol. The largest absolute Gasteiger partial charge is 0.334 e. The number of alkyl halides is 1. The molecule has 0 aliphatic carbocycles. The first-order valence-electron chi connectivity index (χ1n) is 5.84.